The monoisotopic (exact) mass is 181 g/mol. The third kappa shape index (κ3) is 3.25. The van der Waals surface area contributed by atoms with Gasteiger partial charge in [0.1, 0.15) is 5.41 Å². The van der Waals surface area contributed by atoms with E-state index < -0.39 is 0 Å². The van der Waals surface area contributed by atoms with Gasteiger partial charge >= 0.3 is 0 Å². The first kappa shape index (κ1) is 10.9. The number of rotatable bonds is 1. The van der Waals surface area contributed by atoms with Crippen LogP contribution >= 0.6 is 0 Å². The molecule has 1 aliphatic rings. The fraction of sp³-hybridized carbons (Fsp3) is 0.923. The van der Waals surface area contributed by atoms with E-state index in [9.17, 15) is 0 Å². The summed E-state index contributed by atoms with van der Waals surface area (Å²) in [5.74, 6) is 1.65. The summed E-state index contributed by atoms with van der Waals surface area (Å²) in [6.45, 7) is 7.10. The first-order chi connectivity index (χ1) is 6.15. The minimum Gasteiger partial charge on any atom is -0.0533 e. The molecule has 0 aromatic heterocycles. The van der Waals surface area contributed by atoms with E-state index in [1.54, 1.807) is 5.92 Å². The fourth-order valence-electron chi connectivity index (χ4n) is 2.36. The van der Waals surface area contributed by atoms with Crippen molar-refractivity contribution in [2.45, 2.75) is 72.1 Å². The number of hydrogen-bond acceptors (Lipinski definition) is 0. The van der Waals surface area contributed by atoms with Crippen LogP contribution in [0.1, 0.15) is 72.1 Å². The van der Waals surface area contributed by atoms with Gasteiger partial charge in [0, 0.05) is 0 Å². The Kier molecular flexibility index (Phi) is 4.15. The van der Waals surface area contributed by atoms with E-state index in [1.807, 2.05) is 0 Å². The third-order valence-electron chi connectivity index (χ3n) is 3.91. The fourth-order valence-corrected chi connectivity index (χ4v) is 2.36. The second-order valence-corrected chi connectivity index (χ2v) is 5.18. The predicted octanol–water partition coefficient (Wildman–Crippen LogP) is 4.74. The van der Waals surface area contributed by atoms with Crippen molar-refractivity contribution in [3.63, 3.8) is 0 Å². The standard InChI is InChI=1S/C13H25/c1-12(2)13(3)10-8-6-4-5-7-9-11-13/h4-11H2,1-3H3/q+1. The molecule has 0 amide bonds. The molecule has 0 spiro atoms. The van der Waals surface area contributed by atoms with Gasteiger partial charge in [0.05, 0.1) is 19.8 Å². The topological polar surface area (TPSA) is 0 Å². The van der Waals surface area contributed by atoms with Gasteiger partial charge in [0.2, 0.25) is 0 Å². The van der Waals surface area contributed by atoms with E-state index >= 15 is 0 Å². The van der Waals surface area contributed by atoms with Gasteiger partial charge in [0.15, 0.2) is 0 Å². The molecule has 0 heterocycles. The summed E-state index contributed by atoms with van der Waals surface area (Å²) >= 11 is 0. The molecule has 0 heteroatoms. The van der Waals surface area contributed by atoms with Crippen molar-refractivity contribution < 1.29 is 0 Å². The lowest BCUT2D eigenvalue weighted by atomic mass is 9.72. The van der Waals surface area contributed by atoms with Crippen LogP contribution in [0.2, 0.25) is 0 Å². The summed E-state index contributed by atoms with van der Waals surface area (Å²) in [5, 5.41) is 0. The average Bonchev–Trinajstić information content (AvgIpc) is 2.18. The maximum atomic E-state index is 2.47. The maximum Gasteiger partial charge on any atom is 0.107 e. The van der Waals surface area contributed by atoms with Crippen molar-refractivity contribution in [1.29, 1.82) is 0 Å². The van der Waals surface area contributed by atoms with Crippen LogP contribution in [0, 0.1) is 11.3 Å². The Hall–Kier alpha value is -0.130. The van der Waals surface area contributed by atoms with Crippen molar-refractivity contribution in [2.75, 3.05) is 0 Å². The van der Waals surface area contributed by atoms with E-state index in [2.05, 4.69) is 20.8 Å². The largest absolute Gasteiger partial charge is 0.107 e. The molecule has 1 saturated carbocycles. The highest BCUT2D eigenvalue weighted by atomic mass is 14.3. The lowest BCUT2D eigenvalue weighted by Crippen LogP contribution is -2.21. The molecule has 0 atom stereocenters. The molecule has 1 fully saturated rings. The van der Waals surface area contributed by atoms with E-state index in [-0.39, 0.29) is 0 Å². The van der Waals surface area contributed by atoms with Crippen LogP contribution in [0.5, 0.6) is 0 Å². The molecule has 13 heavy (non-hydrogen) atoms. The second kappa shape index (κ2) is 4.93. The Bertz CT molecular complexity index is 125. The van der Waals surface area contributed by atoms with E-state index in [4.69, 9.17) is 0 Å². The van der Waals surface area contributed by atoms with E-state index in [0.717, 1.165) is 0 Å². The SMILES string of the molecule is C[C+](C)C1(C)CCCCCCCC1. The highest BCUT2D eigenvalue weighted by Gasteiger charge is 2.36. The summed E-state index contributed by atoms with van der Waals surface area (Å²) in [6.07, 6.45) is 11.6. The van der Waals surface area contributed by atoms with Crippen molar-refractivity contribution in [3.05, 3.63) is 5.92 Å². The normalized spacial score (nSPS) is 24.2. The molecule has 0 bridgehead atoms. The van der Waals surface area contributed by atoms with Crippen molar-refractivity contribution in [2.24, 2.45) is 5.41 Å². The van der Waals surface area contributed by atoms with Crippen LogP contribution in [0.4, 0.5) is 0 Å². The summed E-state index contributed by atoms with van der Waals surface area (Å²) in [4.78, 5) is 0. The zero-order valence-electron chi connectivity index (χ0n) is 9.66. The zero-order valence-corrected chi connectivity index (χ0v) is 9.66. The summed E-state index contributed by atoms with van der Waals surface area (Å²) in [5.41, 5.74) is 0.560. The molecular weight excluding hydrogens is 156 g/mol. The second-order valence-electron chi connectivity index (χ2n) is 5.18. The van der Waals surface area contributed by atoms with Gasteiger partial charge in [-0.1, -0.05) is 25.7 Å². The van der Waals surface area contributed by atoms with Crippen molar-refractivity contribution >= 4 is 0 Å². The highest BCUT2D eigenvalue weighted by molar-refractivity contribution is 4.97. The van der Waals surface area contributed by atoms with Crippen LogP contribution in [-0.4, -0.2) is 0 Å². The van der Waals surface area contributed by atoms with Gasteiger partial charge in [-0.05, 0) is 32.6 Å². The molecule has 1 aliphatic carbocycles. The quantitative estimate of drug-likeness (QED) is 0.512. The van der Waals surface area contributed by atoms with Gasteiger partial charge in [0.25, 0.3) is 0 Å². The molecule has 0 nitrogen and oxygen atoms in total. The lowest BCUT2D eigenvalue weighted by Gasteiger charge is -2.24. The summed E-state index contributed by atoms with van der Waals surface area (Å²) in [7, 11) is 0. The van der Waals surface area contributed by atoms with Crippen LogP contribution in [0.15, 0.2) is 0 Å². The Balaban J connectivity index is 2.49. The molecule has 0 radical (unpaired) electrons. The third-order valence-corrected chi connectivity index (χ3v) is 3.91. The smallest absolute Gasteiger partial charge is 0.0533 e. The Labute approximate surface area is 84.1 Å². The Morgan fingerprint density at radius 1 is 0.769 bits per heavy atom. The molecule has 0 saturated heterocycles. The van der Waals surface area contributed by atoms with Crippen LogP contribution < -0.4 is 0 Å². The van der Waals surface area contributed by atoms with Crippen LogP contribution in [0.25, 0.3) is 0 Å². The van der Waals surface area contributed by atoms with Crippen molar-refractivity contribution in [3.8, 4) is 0 Å². The average molecular weight is 181 g/mol. The molecule has 0 N–H and O–H groups in total. The summed E-state index contributed by atoms with van der Waals surface area (Å²) in [6, 6.07) is 0. The highest BCUT2D eigenvalue weighted by Crippen LogP contribution is 2.40. The summed E-state index contributed by atoms with van der Waals surface area (Å²) < 4.78 is 0. The molecule has 0 unspecified atom stereocenters. The Morgan fingerprint density at radius 2 is 1.15 bits per heavy atom. The maximum absolute atomic E-state index is 2.47. The van der Waals surface area contributed by atoms with Crippen LogP contribution in [0.3, 0.4) is 0 Å². The van der Waals surface area contributed by atoms with E-state index in [1.165, 1.54) is 51.4 Å². The molecule has 1 rings (SSSR count). The number of hydrogen-bond donors (Lipinski definition) is 0. The van der Waals surface area contributed by atoms with Crippen molar-refractivity contribution in [1.82, 2.24) is 0 Å². The Morgan fingerprint density at radius 3 is 1.54 bits per heavy atom. The minimum absolute atomic E-state index is 0.560. The van der Waals surface area contributed by atoms with Gasteiger partial charge in [-0.3, -0.25) is 0 Å². The van der Waals surface area contributed by atoms with E-state index in [0.29, 0.717) is 5.41 Å². The molecule has 0 aromatic rings. The molecule has 0 aromatic carbocycles. The van der Waals surface area contributed by atoms with Gasteiger partial charge in [-0.15, -0.1) is 0 Å². The lowest BCUT2D eigenvalue weighted by molar-refractivity contribution is 0.279. The first-order valence-electron chi connectivity index (χ1n) is 5.96. The van der Waals surface area contributed by atoms with Gasteiger partial charge < -0.3 is 0 Å². The van der Waals surface area contributed by atoms with Gasteiger partial charge in [-0.25, -0.2) is 0 Å². The minimum atomic E-state index is 0.560. The van der Waals surface area contributed by atoms with Crippen LogP contribution in [-0.2, 0) is 0 Å². The van der Waals surface area contributed by atoms with Gasteiger partial charge in [-0.2, -0.15) is 0 Å². The zero-order chi connectivity index (χ0) is 9.73. The molecular formula is C13H25+. The molecule has 76 valence electrons. The predicted molar refractivity (Wildman–Crippen MR) is 59.6 cm³/mol. The first-order valence-corrected chi connectivity index (χ1v) is 5.96. The molecule has 0 aliphatic heterocycles.